The lowest BCUT2D eigenvalue weighted by molar-refractivity contribution is -0.0202. The molecule has 5 heteroatoms. The van der Waals surface area contributed by atoms with E-state index in [1.807, 2.05) is 24.3 Å². The third kappa shape index (κ3) is 3.19. The van der Waals surface area contributed by atoms with Crippen molar-refractivity contribution in [2.24, 2.45) is 0 Å². The molecule has 2 aromatic rings. The summed E-state index contributed by atoms with van der Waals surface area (Å²) in [5.41, 5.74) is 1.16. The molecule has 2 N–H and O–H groups in total. The van der Waals surface area contributed by atoms with E-state index in [9.17, 15) is 5.11 Å². The van der Waals surface area contributed by atoms with Crippen LogP contribution in [0.2, 0.25) is 0 Å². The Morgan fingerprint density at radius 1 is 1.29 bits per heavy atom. The smallest absolute Gasteiger partial charge is 0.180 e. The minimum atomic E-state index is -0.567. The van der Waals surface area contributed by atoms with E-state index in [-0.39, 0.29) is 0 Å². The van der Waals surface area contributed by atoms with Crippen LogP contribution in [0.3, 0.4) is 0 Å². The topological polar surface area (TPSA) is 70.9 Å². The summed E-state index contributed by atoms with van der Waals surface area (Å²) in [5, 5.41) is 13.4. The Balaban J connectivity index is 1.83. The molecule has 1 saturated carbocycles. The predicted octanol–water partition coefficient (Wildman–Crippen LogP) is 2.43. The van der Waals surface area contributed by atoms with Gasteiger partial charge in [0.05, 0.1) is 5.60 Å². The number of aliphatic hydroxyl groups is 1. The zero-order valence-corrected chi connectivity index (χ0v) is 12.2. The van der Waals surface area contributed by atoms with E-state index in [0.717, 1.165) is 42.9 Å². The Morgan fingerprint density at radius 3 is 2.76 bits per heavy atom. The second-order valence-corrected chi connectivity index (χ2v) is 5.57. The first-order valence-corrected chi connectivity index (χ1v) is 7.44. The third-order valence-corrected chi connectivity index (χ3v) is 3.92. The predicted molar refractivity (Wildman–Crippen MR) is 81.9 cm³/mol. The van der Waals surface area contributed by atoms with E-state index >= 15 is 0 Å². The Hall–Kier alpha value is -2.01. The van der Waals surface area contributed by atoms with Gasteiger partial charge in [-0.3, -0.25) is 4.98 Å². The van der Waals surface area contributed by atoms with Crippen molar-refractivity contribution in [1.82, 2.24) is 15.0 Å². The summed E-state index contributed by atoms with van der Waals surface area (Å²) in [6, 6.07) is 7.64. The van der Waals surface area contributed by atoms with Crippen LogP contribution in [0.15, 0.2) is 30.5 Å². The summed E-state index contributed by atoms with van der Waals surface area (Å²) in [4.78, 5) is 13.3. The molecule has 0 aliphatic heterocycles. The summed E-state index contributed by atoms with van der Waals surface area (Å²) in [7, 11) is 0. The SMILES string of the molecule is CCc1cc(NCC2(O)CCC2)nc(-c2ccccn2)n1. The lowest BCUT2D eigenvalue weighted by atomic mass is 9.80. The molecule has 21 heavy (non-hydrogen) atoms. The van der Waals surface area contributed by atoms with Crippen LogP contribution in [0, 0.1) is 0 Å². The molecule has 1 aliphatic carbocycles. The van der Waals surface area contributed by atoms with Crippen molar-refractivity contribution in [3.05, 3.63) is 36.2 Å². The standard InChI is InChI=1S/C16H20N4O/c1-2-12-10-14(18-11-16(21)7-5-8-16)20-15(19-12)13-6-3-4-9-17-13/h3-4,6,9-10,21H,2,5,7-8,11H2,1H3,(H,18,19,20). The molecular formula is C16H20N4O. The number of hydrogen-bond acceptors (Lipinski definition) is 5. The minimum Gasteiger partial charge on any atom is -0.388 e. The Morgan fingerprint density at radius 2 is 2.14 bits per heavy atom. The van der Waals surface area contributed by atoms with Crippen LogP contribution in [-0.2, 0) is 6.42 Å². The molecule has 0 spiro atoms. The van der Waals surface area contributed by atoms with E-state index in [0.29, 0.717) is 12.4 Å². The maximum Gasteiger partial charge on any atom is 0.180 e. The van der Waals surface area contributed by atoms with Crippen LogP contribution in [0.5, 0.6) is 0 Å². The zero-order chi connectivity index (χ0) is 14.7. The van der Waals surface area contributed by atoms with Crippen molar-refractivity contribution in [2.75, 3.05) is 11.9 Å². The van der Waals surface area contributed by atoms with Crippen LogP contribution in [-0.4, -0.2) is 32.2 Å². The average molecular weight is 284 g/mol. The van der Waals surface area contributed by atoms with Crippen molar-refractivity contribution in [1.29, 1.82) is 0 Å². The van der Waals surface area contributed by atoms with Gasteiger partial charge in [0.15, 0.2) is 5.82 Å². The van der Waals surface area contributed by atoms with Gasteiger partial charge in [-0.05, 0) is 37.8 Å². The monoisotopic (exact) mass is 284 g/mol. The third-order valence-electron chi connectivity index (χ3n) is 3.92. The van der Waals surface area contributed by atoms with Gasteiger partial charge in [-0.25, -0.2) is 9.97 Å². The first-order valence-electron chi connectivity index (χ1n) is 7.44. The average Bonchev–Trinajstić information content (AvgIpc) is 2.51. The lowest BCUT2D eigenvalue weighted by Crippen LogP contribution is -2.43. The summed E-state index contributed by atoms with van der Waals surface area (Å²) < 4.78 is 0. The molecule has 0 amide bonds. The molecule has 110 valence electrons. The summed E-state index contributed by atoms with van der Waals surface area (Å²) in [6.07, 6.45) is 5.39. The van der Waals surface area contributed by atoms with Gasteiger partial charge in [-0.1, -0.05) is 13.0 Å². The van der Waals surface area contributed by atoms with Gasteiger partial charge < -0.3 is 10.4 Å². The largest absolute Gasteiger partial charge is 0.388 e. The number of aryl methyl sites for hydroxylation is 1. The van der Waals surface area contributed by atoms with Crippen LogP contribution < -0.4 is 5.32 Å². The van der Waals surface area contributed by atoms with Crippen molar-refractivity contribution in [3.8, 4) is 11.5 Å². The number of pyridine rings is 1. The van der Waals surface area contributed by atoms with E-state index in [1.165, 1.54) is 0 Å². The molecule has 2 heterocycles. The summed E-state index contributed by atoms with van der Waals surface area (Å²) in [6.45, 7) is 2.60. The van der Waals surface area contributed by atoms with Gasteiger partial charge in [0.2, 0.25) is 0 Å². The molecule has 0 bridgehead atoms. The van der Waals surface area contributed by atoms with E-state index in [2.05, 4.69) is 27.2 Å². The van der Waals surface area contributed by atoms with Crippen molar-refractivity contribution in [2.45, 2.75) is 38.2 Å². The molecule has 3 rings (SSSR count). The highest BCUT2D eigenvalue weighted by Crippen LogP contribution is 2.31. The fourth-order valence-electron chi connectivity index (χ4n) is 2.40. The van der Waals surface area contributed by atoms with Crippen molar-refractivity contribution < 1.29 is 5.11 Å². The number of rotatable bonds is 5. The highest BCUT2D eigenvalue weighted by molar-refractivity contribution is 5.53. The minimum absolute atomic E-state index is 0.537. The molecule has 0 unspecified atom stereocenters. The highest BCUT2D eigenvalue weighted by Gasteiger charge is 2.34. The van der Waals surface area contributed by atoms with Gasteiger partial charge in [0.25, 0.3) is 0 Å². The Labute approximate surface area is 124 Å². The van der Waals surface area contributed by atoms with Crippen LogP contribution in [0.1, 0.15) is 31.9 Å². The van der Waals surface area contributed by atoms with Gasteiger partial charge >= 0.3 is 0 Å². The second kappa shape index (κ2) is 5.77. The molecule has 0 saturated heterocycles. The van der Waals surface area contributed by atoms with E-state index in [1.54, 1.807) is 6.20 Å². The quantitative estimate of drug-likeness (QED) is 0.882. The van der Waals surface area contributed by atoms with Crippen LogP contribution in [0.25, 0.3) is 11.5 Å². The summed E-state index contributed by atoms with van der Waals surface area (Å²) in [5.74, 6) is 1.38. The van der Waals surface area contributed by atoms with Crippen LogP contribution >= 0.6 is 0 Å². The lowest BCUT2D eigenvalue weighted by Gasteiger charge is -2.36. The Bertz CT molecular complexity index is 611. The van der Waals surface area contributed by atoms with Crippen molar-refractivity contribution >= 4 is 5.82 Å². The first kappa shape index (κ1) is 13.9. The maximum atomic E-state index is 10.2. The van der Waals surface area contributed by atoms with Gasteiger partial charge in [0.1, 0.15) is 11.5 Å². The molecule has 1 aliphatic rings. The number of nitrogens with zero attached hydrogens (tertiary/aromatic N) is 3. The first-order chi connectivity index (χ1) is 10.2. The van der Waals surface area contributed by atoms with Crippen molar-refractivity contribution in [3.63, 3.8) is 0 Å². The summed E-state index contributed by atoms with van der Waals surface area (Å²) >= 11 is 0. The number of anilines is 1. The fraction of sp³-hybridized carbons (Fsp3) is 0.438. The molecule has 2 aromatic heterocycles. The normalized spacial score (nSPS) is 16.3. The van der Waals surface area contributed by atoms with E-state index < -0.39 is 5.60 Å². The number of aromatic nitrogens is 3. The van der Waals surface area contributed by atoms with Gasteiger partial charge in [-0.15, -0.1) is 0 Å². The zero-order valence-electron chi connectivity index (χ0n) is 12.2. The molecule has 1 fully saturated rings. The maximum absolute atomic E-state index is 10.2. The molecular weight excluding hydrogens is 264 g/mol. The molecule has 5 nitrogen and oxygen atoms in total. The van der Waals surface area contributed by atoms with Crippen LogP contribution in [0.4, 0.5) is 5.82 Å². The van der Waals surface area contributed by atoms with E-state index in [4.69, 9.17) is 0 Å². The van der Waals surface area contributed by atoms with Gasteiger partial charge in [0, 0.05) is 24.5 Å². The second-order valence-electron chi connectivity index (χ2n) is 5.57. The number of nitrogens with one attached hydrogen (secondary N) is 1. The number of hydrogen-bond donors (Lipinski definition) is 2. The highest BCUT2D eigenvalue weighted by atomic mass is 16.3. The Kier molecular flexibility index (Phi) is 3.84. The van der Waals surface area contributed by atoms with Gasteiger partial charge in [-0.2, -0.15) is 0 Å². The molecule has 0 aromatic carbocycles. The molecule has 0 radical (unpaired) electrons. The molecule has 0 atom stereocenters. The fourth-order valence-corrected chi connectivity index (χ4v) is 2.40.